The van der Waals surface area contributed by atoms with Gasteiger partial charge in [0, 0.05) is 12.5 Å². The highest BCUT2D eigenvalue weighted by molar-refractivity contribution is 7.92. The van der Waals surface area contributed by atoms with Crippen molar-refractivity contribution >= 4 is 21.9 Å². The Morgan fingerprint density at radius 1 is 1.35 bits per heavy atom. The van der Waals surface area contributed by atoms with Crippen LogP contribution in [0.3, 0.4) is 0 Å². The predicted molar refractivity (Wildman–Crippen MR) is 80.2 cm³/mol. The second kappa shape index (κ2) is 6.29. The van der Waals surface area contributed by atoms with Crippen LogP contribution in [0.2, 0.25) is 0 Å². The SMILES string of the molecule is CCS(=O)(=O)Nc1oc(-c2ccc(F)cc2)c(O)c1OC(C)=O. The van der Waals surface area contributed by atoms with Gasteiger partial charge in [-0.25, -0.2) is 17.5 Å². The molecular formula is C14H14FNO6S. The number of benzene rings is 1. The normalized spacial score (nSPS) is 11.3. The zero-order valence-electron chi connectivity index (χ0n) is 12.3. The third-order valence-corrected chi connectivity index (χ3v) is 4.08. The maximum Gasteiger partial charge on any atom is 0.308 e. The Morgan fingerprint density at radius 2 is 1.96 bits per heavy atom. The molecule has 0 atom stereocenters. The molecule has 23 heavy (non-hydrogen) atoms. The smallest absolute Gasteiger partial charge is 0.308 e. The fraction of sp³-hybridized carbons (Fsp3) is 0.214. The van der Waals surface area contributed by atoms with Crippen LogP contribution >= 0.6 is 0 Å². The number of ether oxygens (including phenoxy) is 1. The van der Waals surface area contributed by atoms with Crippen LogP contribution in [0.4, 0.5) is 10.3 Å². The van der Waals surface area contributed by atoms with Crippen molar-refractivity contribution in [2.24, 2.45) is 0 Å². The molecule has 0 aliphatic rings. The van der Waals surface area contributed by atoms with Gasteiger partial charge in [0.15, 0.2) is 5.76 Å². The van der Waals surface area contributed by atoms with E-state index in [4.69, 9.17) is 9.15 Å². The summed E-state index contributed by atoms with van der Waals surface area (Å²) in [6, 6.07) is 4.92. The monoisotopic (exact) mass is 343 g/mol. The van der Waals surface area contributed by atoms with E-state index in [1.165, 1.54) is 19.1 Å². The van der Waals surface area contributed by atoms with Gasteiger partial charge < -0.3 is 14.3 Å². The van der Waals surface area contributed by atoms with Crippen LogP contribution in [0.1, 0.15) is 13.8 Å². The lowest BCUT2D eigenvalue weighted by molar-refractivity contribution is -0.131. The Morgan fingerprint density at radius 3 is 2.48 bits per heavy atom. The Balaban J connectivity index is 2.55. The molecule has 1 aromatic carbocycles. The summed E-state index contributed by atoms with van der Waals surface area (Å²) in [7, 11) is -3.73. The van der Waals surface area contributed by atoms with E-state index in [0.29, 0.717) is 0 Å². The highest BCUT2D eigenvalue weighted by Gasteiger charge is 2.26. The topological polar surface area (TPSA) is 106 Å². The van der Waals surface area contributed by atoms with Crippen molar-refractivity contribution in [3.8, 4) is 22.8 Å². The van der Waals surface area contributed by atoms with Crippen molar-refractivity contribution < 1.29 is 31.9 Å². The van der Waals surface area contributed by atoms with E-state index in [0.717, 1.165) is 19.1 Å². The summed E-state index contributed by atoms with van der Waals surface area (Å²) in [5.41, 5.74) is 0.277. The van der Waals surface area contributed by atoms with Gasteiger partial charge in [-0.2, -0.15) is 0 Å². The van der Waals surface area contributed by atoms with Gasteiger partial charge in [0.05, 0.1) is 5.75 Å². The molecule has 1 aromatic heterocycles. The highest BCUT2D eigenvalue weighted by atomic mass is 32.2. The lowest BCUT2D eigenvalue weighted by Crippen LogP contribution is -2.15. The molecule has 124 valence electrons. The lowest BCUT2D eigenvalue weighted by atomic mass is 10.1. The minimum absolute atomic E-state index is 0.157. The Bertz CT molecular complexity index is 826. The van der Waals surface area contributed by atoms with Gasteiger partial charge in [-0.15, -0.1) is 0 Å². The Hall–Kier alpha value is -2.55. The Kier molecular flexibility index (Phi) is 4.60. The fourth-order valence-electron chi connectivity index (χ4n) is 1.72. The second-order valence-electron chi connectivity index (χ2n) is 4.54. The second-order valence-corrected chi connectivity index (χ2v) is 6.56. The van der Waals surface area contributed by atoms with Gasteiger partial charge in [0.25, 0.3) is 5.88 Å². The third-order valence-electron chi connectivity index (χ3n) is 2.82. The number of carbonyl (C=O) groups excluding carboxylic acids is 1. The molecule has 2 rings (SSSR count). The molecule has 2 N–H and O–H groups in total. The van der Waals surface area contributed by atoms with Crippen molar-refractivity contribution in [3.63, 3.8) is 0 Å². The fourth-order valence-corrected chi connectivity index (χ4v) is 2.28. The van der Waals surface area contributed by atoms with Gasteiger partial charge in [-0.05, 0) is 31.2 Å². The average molecular weight is 343 g/mol. The number of hydrogen-bond acceptors (Lipinski definition) is 6. The molecule has 2 aromatic rings. The largest absolute Gasteiger partial charge is 0.502 e. The maximum atomic E-state index is 13.0. The molecule has 0 spiro atoms. The molecule has 7 nitrogen and oxygen atoms in total. The van der Waals surface area contributed by atoms with E-state index in [9.17, 15) is 22.7 Å². The van der Waals surface area contributed by atoms with Crippen LogP contribution in [0.15, 0.2) is 28.7 Å². The van der Waals surface area contributed by atoms with Crippen LogP contribution in [-0.4, -0.2) is 25.2 Å². The van der Waals surface area contributed by atoms with Crippen molar-refractivity contribution in [1.82, 2.24) is 0 Å². The van der Waals surface area contributed by atoms with E-state index in [-0.39, 0.29) is 17.1 Å². The quantitative estimate of drug-likeness (QED) is 0.808. The summed E-state index contributed by atoms with van der Waals surface area (Å²) in [5.74, 6) is -3.13. The van der Waals surface area contributed by atoms with Crippen molar-refractivity contribution in [2.45, 2.75) is 13.8 Å². The molecule has 9 heteroatoms. The summed E-state index contributed by atoms with van der Waals surface area (Å²) in [5, 5.41) is 10.2. The molecule has 0 saturated heterocycles. The summed E-state index contributed by atoms with van der Waals surface area (Å²) in [4.78, 5) is 11.1. The van der Waals surface area contributed by atoms with E-state index in [2.05, 4.69) is 4.72 Å². The molecule has 0 aliphatic carbocycles. The number of anilines is 1. The minimum Gasteiger partial charge on any atom is -0.502 e. The first-order valence-electron chi connectivity index (χ1n) is 6.54. The van der Waals surface area contributed by atoms with E-state index in [1.807, 2.05) is 0 Å². The molecule has 0 bridgehead atoms. The van der Waals surface area contributed by atoms with Crippen LogP contribution in [0.25, 0.3) is 11.3 Å². The van der Waals surface area contributed by atoms with Crippen LogP contribution in [0.5, 0.6) is 11.5 Å². The lowest BCUT2D eigenvalue weighted by Gasteiger charge is -2.04. The maximum absolute atomic E-state index is 13.0. The van der Waals surface area contributed by atoms with Crippen molar-refractivity contribution in [3.05, 3.63) is 30.1 Å². The molecule has 0 amide bonds. The van der Waals surface area contributed by atoms with Crippen LogP contribution < -0.4 is 9.46 Å². The molecule has 0 unspecified atom stereocenters. The van der Waals surface area contributed by atoms with Crippen LogP contribution in [0, 0.1) is 5.82 Å². The standard InChI is InChI=1S/C14H14FNO6S/c1-3-23(19,20)16-14-13(21-8(2)17)11(18)12(22-14)9-4-6-10(15)7-5-9/h4-7,16,18H,3H2,1-2H3. The molecule has 0 radical (unpaired) electrons. The molecular weight excluding hydrogens is 329 g/mol. The van der Waals surface area contributed by atoms with E-state index >= 15 is 0 Å². The van der Waals surface area contributed by atoms with Crippen molar-refractivity contribution in [1.29, 1.82) is 0 Å². The first kappa shape index (κ1) is 16.8. The van der Waals surface area contributed by atoms with Gasteiger partial charge in [0.2, 0.25) is 21.5 Å². The van der Waals surface area contributed by atoms with E-state index < -0.39 is 39.2 Å². The van der Waals surface area contributed by atoms with Gasteiger partial charge >= 0.3 is 5.97 Å². The number of halogens is 1. The number of furan rings is 1. The zero-order chi connectivity index (χ0) is 17.2. The summed E-state index contributed by atoms with van der Waals surface area (Å²) < 4.78 is 48.5. The predicted octanol–water partition coefficient (Wildman–Crippen LogP) is 2.48. The summed E-state index contributed by atoms with van der Waals surface area (Å²) in [6.07, 6.45) is 0. The number of carbonyl (C=O) groups is 1. The molecule has 0 saturated carbocycles. The molecule has 0 fully saturated rings. The number of rotatable bonds is 5. The number of esters is 1. The van der Waals surface area contributed by atoms with Gasteiger partial charge in [-0.3, -0.25) is 4.79 Å². The Labute approximate surface area is 131 Å². The molecule has 1 heterocycles. The number of hydrogen-bond donors (Lipinski definition) is 2. The van der Waals surface area contributed by atoms with Crippen molar-refractivity contribution in [2.75, 3.05) is 10.5 Å². The summed E-state index contributed by atoms with van der Waals surface area (Å²) >= 11 is 0. The number of nitrogens with one attached hydrogen (secondary N) is 1. The number of aromatic hydroxyl groups is 1. The zero-order valence-corrected chi connectivity index (χ0v) is 13.1. The molecule has 0 aliphatic heterocycles. The van der Waals surface area contributed by atoms with E-state index in [1.54, 1.807) is 0 Å². The first-order valence-corrected chi connectivity index (χ1v) is 8.19. The highest BCUT2D eigenvalue weighted by Crippen LogP contribution is 2.46. The van der Waals surface area contributed by atoms with Gasteiger partial charge in [0.1, 0.15) is 5.82 Å². The third kappa shape index (κ3) is 3.81. The van der Waals surface area contributed by atoms with Crippen LogP contribution in [-0.2, 0) is 14.8 Å². The summed E-state index contributed by atoms with van der Waals surface area (Å²) in [6.45, 7) is 2.49. The number of sulfonamides is 1. The average Bonchev–Trinajstić information content (AvgIpc) is 2.76. The van der Waals surface area contributed by atoms with Gasteiger partial charge in [-0.1, -0.05) is 0 Å². The minimum atomic E-state index is -3.73. The first-order chi connectivity index (χ1) is 10.7.